The summed E-state index contributed by atoms with van der Waals surface area (Å²) in [5, 5.41) is 2.83. The number of rotatable bonds is 3. The minimum atomic E-state index is -0.564. The van der Waals surface area contributed by atoms with Crippen molar-refractivity contribution in [3.63, 3.8) is 0 Å². The number of carbonyl (C=O) groups is 1. The molecular formula is C25H25N3O2. The monoisotopic (exact) mass is 399 g/mol. The van der Waals surface area contributed by atoms with Crippen molar-refractivity contribution in [3.05, 3.63) is 78.6 Å². The summed E-state index contributed by atoms with van der Waals surface area (Å²) in [5.74, 6) is 0. The van der Waals surface area contributed by atoms with Crippen molar-refractivity contribution in [2.45, 2.75) is 33.3 Å². The topological polar surface area (TPSA) is 55.6 Å². The van der Waals surface area contributed by atoms with Crippen molar-refractivity contribution in [2.75, 3.05) is 5.32 Å². The Bertz CT molecular complexity index is 1190. The number of imidazole rings is 1. The maximum absolute atomic E-state index is 12.3. The molecule has 2 aromatic heterocycles. The summed E-state index contributed by atoms with van der Waals surface area (Å²) in [4.78, 5) is 17.0. The summed E-state index contributed by atoms with van der Waals surface area (Å²) in [5.41, 5.74) is 5.93. The molecule has 5 heteroatoms. The van der Waals surface area contributed by atoms with Crippen molar-refractivity contribution >= 4 is 17.4 Å². The van der Waals surface area contributed by atoms with Gasteiger partial charge in [0.05, 0.1) is 11.4 Å². The molecule has 0 fully saturated rings. The molecule has 0 aliphatic carbocycles. The molecule has 1 N–H and O–H groups in total. The van der Waals surface area contributed by atoms with Crippen LogP contribution in [0.1, 0.15) is 26.3 Å². The van der Waals surface area contributed by atoms with E-state index in [0.29, 0.717) is 11.3 Å². The Morgan fingerprint density at radius 3 is 2.23 bits per heavy atom. The van der Waals surface area contributed by atoms with E-state index in [1.165, 1.54) is 5.56 Å². The average Bonchev–Trinajstić information content (AvgIpc) is 3.11. The summed E-state index contributed by atoms with van der Waals surface area (Å²) < 4.78 is 7.32. The van der Waals surface area contributed by atoms with E-state index in [1.54, 1.807) is 0 Å². The molecule has 5 nitrogen and oxygen atoms in total. The van der Waals surface area contributed by atoms with Crippen molar-refractivity contribution in [1.82, 2.24) is 9.38 Å². The van der Waals surface area contributed by atoms with Gasteiger partial charge in [0.15, 0.2) is 5.65 Å². The van der Waals surface area contributed by atoms with E-state index in [0.717, 1.165) is 22.4 Å². The third kappa shape index (κ3) is 4.35. The van der Waals surface area contributed by atoms with Gasteiger partial charge in [-0.1, -0.05) is 54.6 Å². The van der Waals surface area contributed by atoms with Crippen LogP contribution in [0.2, 0.25) is 0 Å². The van der Waals surface area contributed by atoms with Crippen molar-refractivity contribution < 1.29 is 9.53 Å². The van der Waals surface area contributed by atoms with Crippen LogP contribution >= 0.6 is 0 Å². The zero-order chi connectivity index (χ0) is 21.3. The van der Waals surface area contributed by atoms with Gasteiger partial charge in [0.25, 0.3) is 0 Å². The number of hydrogen-bond acceptors (Lipinski definition) is 3. The van der Waals surface area contributed by atoms with Crippen LogP contribution in [0, 0.1) is 6.92 Å². The predicted octanol–water partition coefficient (Wildman–Crippen LogP) is 6.32. The first kappa shape index (κ1) is 19.7. The molecule has 1 amide bonds. The van der Waals surface area contributed by atoms with Crippen LogP contribution in [0.4, 0.5) is 10.5 Å². The number of ether oxygens (including phenoxy) is 1. The maximum atomic E-state index is 12.3. The van der Waals surface area contributed by atoms with Crippen LogP contribution in [0.3, 0.4) is 0 Å². The van der Waals surface area contributed by atoms with Gasteiger partial charge in [-0.15, -0.1) is 0 Å². The van der Waals surface area contributed by atoms with Gasteiger partial charge in [-0.2, -0.15) is 0 Å². The highest BCUT2D eigenvalue weighted by atomic mass is 16.6. The van der Waals surface area contributed by atoms with Crippen molar-refractivity contribution in [3.8, 4) is 22.4 Å². The summed E-state index contributed by atoms with van der Waals surface area (Å²) in [6.07, 6.45) is 3.47. The first-order valence-corrected chi connectivity index (χ1v) is 9.94. The zero-order valence-corrected chi connectivity index (χ0v) is 17.6. The fourth-order valence-electron chi connectivity index (χ4n) is 3.35. The fraction of sp³-hybridized carbons (Fsp3) is 0.200. The second-order valence-electron chi connectivity index (χ2n) is 8.36. The Labute approximate surface area is 176 Å². The second kappa shape index (κ2) is 7.67. The van der Waals surface area contributed by atoms with Crippen LogP contribution in [-0.2, 0) is 4.74 Å². The first-order chi connectivity index (χ1) is 14.3. The van der Waals surface area contributed by atoms with Gasteiger partial charge in [0, 0.05) is 18.0 Å². The van der Waals surface area contributed by atoms with Gasteiger partial charge < -0.3 is 9.14 Å². The van der Waals surface area contributed by atoms with E-state index >= 15 is 0 Å². The summed E-state index contributed by atoms with van der Waals surface area (Å²) in [7, 11) is 0. The number of aromatic nitrogens is 2. The fourth-order valence-corrected chi connectivity index (χ4v) is 3.35. The molecule has 0 unspecified atom stereocenters. The molecule has 0 radical (unpaired) electrons. The minimum Gasteiger partial charge on any atom is -0.444 e. The normalized spacial score (nSPS) is 11.5. The number of fused-ring (bicyclic) bond motifs is 1. The summed E-state index contributed by atoms with van der Waals surface area (Å²) in [6.45, 7) is 7.50. The Hall–Kier alpha value is -3.60. The standard InChI is InChI=1S/C25H25N3O2/c1-17-14-21(27-24(29)30-25(2,3)4)23-26-22(16-28(23)15-17)20-12-10-19(11-13-20)18-8-6-5-7-9-18/h5-16H,1-4H3,(H,27,29). The molecule has 2 heterocycles. The Kier molecular flexibility index (Phi) is 5.04. The molecule has 4 aromatic rings. The van der Waals surface area contributed by atoms with E-state index in [2.05, 4.69) is 41.7 Å². The highest BCUT2D eigenvalue weighted by molar-refractivity contribution is 5.90. The summed E-state index contributed by atoms with van der Waals surface area (Å²) >= 11 is 0. The minimum absolute atomic E-state index is 0.494. The van der Waals surface area contributed by atoms with Crippen LogP contribution < -0.4 is 5.32 Å². The highest BCUT2D eigenvalue weighted by Crippen LogP contribution is 2.27. The third-order valence-electron chi connectivity index (χ3n) is 4.61. The number of aryl methyl sites for hydroxylation is 1. The molecule has 0 saturated carbocycles. The lowest BCUT2D eigenvalue weighted by Crippen LogP contribution is -2.27. The Morgan fingerprint density at radius 2 is 1.57 bits per heavy atom. The molecular weight excluding hydrogens is 374 g/mol. The molecule has 30 heavy (non-hydrogen) atoms. The molecule has 0 spiro atoms. The first-order valence-electron chi connectivity index (χ1n) is 9.94. The lowest BCUT2D eigenvalue weighted by Gasteiger charge is -2.19. The van der Waals surface area contributed by atoms with Crippen LogP contribution in [0.15, 0.2) is 73.1 Å². The van der Waals surface area contributed by atoms with Gasteiger partial charge in [-0.3, -0.25) is 5.32 Å². The Morgan fingerprint density at radius 1 is 0.933 bits per heavy atom. The van der Waals surface area contributed by atoms with E-state index < -0.39 is 11.7 Å². The number of benzene rings is 2. The number of nitrogens with one attached hydrogen (secondary N) is 1. The van der Waals surface area contributed by atoms with Crippen molar-refractivity contribution in [2.24, 2.45) is 0 Å². The van der Waals surface area contributed by atoms with Crippen LogP contribution in [-0.4, -0.2) is 21.1 Å². The van der Waals surface area contributed by atoms with Crippen molar-refractivity contribution in [1.29, 1.82) is 0 Å². The molecule has 0 aliphatic rings. The van der Waals surface area contributed by atoms with Crippen LogP contribution in [0.25, 0.3) is 28.0 Å². The molecule has 2 aromatic carbocycles. The van der Waals surface area contributed by atoms with Gasteiger partial charge in [0.2, 0.25) is 0 Å². The SMILES string of the molecule is Cc1cc(NC(=O)OC(C)(C)C)c2nc(-c3ccc(-c4ccccc4)cc3)cn2c1. The lowest BCUT2D eigenvalue weighted by atomic mass is 10.0. The number of pyridine rings is 1. The third-order valence-corrected chi connectivity index (χ3v) is 4.61. The van der Waals surface area contributed by atoms with Gasteiger partial charge >= 0.3 is 6.09 Å². The Balaban J connectivity index is 1.65. The molecule has 0 aliphatic heterocycles. The van der Waals surface area contributed by atoms with Gasteiger partial charge in [-0.25, -0.2) is 9.78 Å². The van der Waals surface area contributed by atoms with E-state index in [4.69, 9.17) is 9.72 Å². The molecule has 0 saturated heterocycles. The number of anilines is 1. The van der Waals surface area contributed by atoms with E-state index in [-0.39, 0.29) is 0 Å². The molecule has 4 rings (SSSR count). The van der Waals surface area contributed by atoms with E-state index in [9.17, 15) is 4.79 Å². The number of nitrogens with zero attached hydrogens (tertiary/aromatic N) is 2. The predicted molar refractivity (Wildman–Crippen MR) is 121 cm³/mol. The largest absolute Gasteiger partial charge is 0.444 e. The molecule has 0 bridgehead atoms. The number of amides is 1. The maximum Gasteiger partial charge on any atom is 0.412 e. The zero-order valence-electron chi connectivity index (χ0n) is 17.6. The highest BCUT2D eigenvalue weighted by Gasteiger charge is 2.18. The lowest BCUT2D eigenvalue weighted by molar-refractivity contribution is 0.0636. The molecule has 152 valence electrons. The number of hydrogen-bond donors (Lipinski definition) is 1. The molecule has 0 atom stereocenters. The van der Waals surface area contributed by atoms with Crippen LogP contribution in [0.5, 0.6) is 0 Å². The van der Waals surface area contributed by atoms with E-state index in [1.807, 2.05) is 68.8 Å². The van der Waals surface area contributed by atoms with Gasteiger partial charge in [-0.05, 0) is 50.5 Å². The van der Waals surface area contributed by atoms with Gasteiger partial charge in [0.1, 0.15) is 5.60 Å². The summed E-state index contributed by atoms with van der Waals surface area (Å²) in [6, 6.07) is 20.5. The quantitative estimate of drug-likeness (QED) is 0.438. The number of carbonyl (C=O) groups excluding carboxylic acids is 1. The smallest absolute Gasteiger partial charge is 0.412 e. The average molecular weight is 399 g/mol. The second-order valence-corrected chi connectivity index (χ2v) is 8.36.